The molecule has 154 valence electrons. The van der Waals surface area contributed by atoms with Crippen LogP contribution in [0.4, 0.5) is 4.79 Å². The fraction of sp³-hybridized carbons (Fsp3) is 0.909. The number of ether oxygens (including phenoxy) is 1. The molecule has 5 heteroatoms. The van der Waals surface area contributed by atoms with Crippen LogP contribution in [0.15, 0.2) is 0 Å². The number of esters is 1. The van der Waals surface area contributed by atoms with E-state index in [0.717, 1.165) is 43.4 Å². The van der Waals surface area contributed by atoms with E-state index < -0.39 is 29.7 Å². The second-order valence-corrected chi connectivity index (χ2v) is 10.4. The van der Waals surface area contributed by atoms with Gasteiger partial charge in [-0.1, -0.05) is 47.0 Å². The molecule has 1 amide bonds. The number of carboxylic acid groups (broad SMARTS) is 1. The molecule has 0 spiro atoms. The summed E-state index contributed by atoms with van der Waals surface area (Å²) >= 11 is 0. The lowest BCUT2D eigenvalue weighted by Crippen LogP contribution is -2.50. The number of fused-ring (bicyclic) bond motifs is 3. The summed E-state index contributed by atoms with van der Waals surface area (Å²) in [6.45, 7) is 7.77. The molecule has 3 saturated carbocycles. The summed E-state index contributed by atoms with van der Waals surface area (Å²) in [5.41, 5.74) is -0.224. The molecule has 0 unspecified atom stereocenters. The summed E-state index contributed by atoms with van der Waals surface area (Å²) in [4.78, 5) is 25.8. The number of amides is 1. The van der Waals surface area contributed by atoms with Crippen molar-refractivity contribution >= 4 is 12.1 Å². The molecule has 0 radical (unpaired) electrons. The fourth-order valence-electron chi connectivity index (χ4n) is 5.49. The van der Waals surface area contributed by atoms with E-state index in [2.05, 4.69) is 6.92 Å². The van der Waals surface area contributed by atoms with Crippen LogP contribution in [0, 0.1) is 16.2 Å². The zero-order valence-corrected chi connectivity index (χ0v) is 17.5. The van der Waals surface area contributed by atoms with Gasteiger partial charge in [0.2, 0.25) is 0 Å². The molecular weight excluding hydrogens is 342 g/mol. The maximum atomic E-state index is 12.7. The third-order valence-corrected chi connectivity index (χ3v) is 7.34. The number of rotatable bonds is 6. The van der Waals surface area contributed by atoms with Crippen LogP contribution in [0.2, 0.25) is 0 Å². The largest absolute Gasteiger partial charge is 0.465 e. The van der Waals surface area contributed by atoms with Crippen LogP contribution >= 0.6 is 0 Å². The minimum Gasteiger partial charge on any atom is -0.465 e. The van der Waals surface area contributed by atoms with Crippen LogP contribution < -0.4 is 0 Å². The number of hydrogen-bond acceptors (Lipinski definition) is 3. The van der Waals surface area contributed by atoms with E-state index in [9.17, 15) is 14.7 Å². The normalized spacial score (nSPS) is 39.4. The van der Waals surface area contributed by atoms with Gasteiger partial charge in [-0.15, -0.1) is 0 Å². The van der Waals surface area contributed by atoms with Gasteiger partial charge in [0.15, 0.2) is 6.23 Å². The predicted molar refractivity (Wildman–Crippen MR) is 104 cm³/mol. The van der Waals surface area contributed by atoms with Gasteiger partial charge in [-0.05, 0) is 62.2 Å². The molecule has 3 aliphatic carbocycles. The Balaban J connectivity index is 1.76. The Morgan fingerprint density at radius 3 is 2.22 bits per heavy atom. The van der Waals surface area contributed by atoms with Gasteiger partial charge >= 0.3 is 12.1 Å². The first-order chi connectivity index (χ1) is 13.0. The molecule has 0 aromatic rings. The first-order valence-corrected chi connectivity index (χ1v) is 10.7. The van der Waals surface area contributed by atoms with Crippen molar-refractivity contribution in [2.75, 3.05) is 0 Å². The van der Waals surface area contributed by atoms with Gasteiger partial charge in [-0.2, -0.15) is 0 Å². The molecule has 27 heavy (non-hydrogen) atoms. The minimum atomic E-state index is -1.83. The van der Waals surface area contributed by atoms with Crippen molar-refractivity contribution < 1.29 is 20.8 Å². The summed E-state index contributed by atoms with van der Waals surface area (Å²) in [5, 5.41) is 9.83. The first kappa shape index (κ1) is 19.1. The molecule has 0 aromatic carbocycles. The third kappa shape index (κ3) is 3.97. The maximum Gasteiger partial charge on any atom is 0.410 e. The van der Waals surface area contributed by atoms with Gasteiger partial charge in [0.1, 0.15) is 6.02 Å². The van der Waals surface area contributed by atoms with Gasteiger partial charge in [0.05, 0.1) is 1.37 Å². The van der Waals surface area contributed by atoms with Crippen molar-refractivity contribution in [1.82, 2.24) is 4.90 Å². The predicted octanol–water partition coefficient (Wildman–Crippen LogP) is 5.58. The molecular formula is C22H37NO4. The Kier molecular flexibility index (Phi) is 5.15. The first-order valence-electron chi connectivity index (χ1n) is 11.2. The molecule has 2 atom stereocenters. The highest BCUT2D eigenvalue weighted by atomic mass is 16.6. The average Bonchev–Trinajstić information content (AvgIpc) is 2.88. The van der Waals surface area contributed by atoms with E-state index in [4.69, 9.17) is 6.11 Å². The van der Waals surface area contributed by atoms with Crippen LogP contribution in [0.1, 0.15) is 99.7 Å². The Bertz CT molecular complexity index is 604. The zero-order valence-electron chi connectivity index (χ0n) is 18.5. The second-order valence-electron chi connectivity index (χ2n) is 10.4. The minimum absolute atomic E-state index is 0.103. The molecule has 1 saturated heterocycles. The molecule has 4 aliphatic rings. The van der Waals surface area contributed by atoms with Gasteiger partial charge in [0.25, 0.3) is 0 Å². The van der Waals surface area contributed by atoms with Crippen molar-refractivity contribution in [1.29, 1.82) is 0 Å². The lowest BCUT2D eigenvalue weighted by atomic mass is 9.51. The van der Waals surface area contributed by atoms with Crippen molar-refractivity contribution in [3.05, 3.63) is 0 Å². The third-order valence-electron chi connectivity index (χ3n) is 7.34. The number of nitrogens with zero attached hydrogens (tertiary/aromatic N) is 1. The summed E-state index contributed by atoms with van der Waals surface area (Å²) in [6, 6.07) is -1.83. The number of cyclic esters (lactones) is 1. The van der Waals surface area contributed by atoms with Gasteiger partial charge < -0.3 is 9.84 Å². The van der Waals surface area contributed by atoms with Crippen molar-refractivity contribution in [3.8, 4) is 0 Å². The highest BCUT2D eigenvalue weighted by Crippen LogP contribution is 2.61. The van der Waals surface area contributed by atoms with Crippen molar-refractivity contribution in [3.63, 3.8) is 0 Å². The Labute approximate surface area is 165 Å². The molecule has 0 aromatic heterocycles. The maximum absolute atomic E-state index is 12.7. The molecule has 1 aliphatic heterocycles. The summed E-state index contributed by atoms with van der Waals surface area (Å²) < 4.78 is 14.4. The van der Waals surface area contributed by atoms with E-state index in [-0.39, 0.29) is 11.8 Å². The van der Waals surface area contributed by atoms with Crippen LogP contribution in [0.3, 0.4) is 0 Å². The standard InChI is InChI=1S/C22H37NO4/c1-5-6-7-8-21-9-12-22(13-10-21,14-11-21)15-16-17(24)27-18(20(2,3)4)23(16)19(25)26/h16,18H,5-15H2,1-4H3,(H,25,26)/t16-,18+,21?,22?/m0/s1/i16D. The van der Waals surface area contributed by atoms with Gasteiger partial charge in [-0.3, -0.25) is 4.90 Å². The zero-order chi connectivity index (χ0) is 20.8. The van der Waals surface area contributed by atoms with Crippen LogP contribution in [-0.2, 0) is 9.53 Å². The Hall–Kier alpha value is -1.26. The van der Waals surface area contributed by atoms with Crippen molar-refractivity contribution in [2.45, 2.75) is 111 Å². The molecule has 1 heterocycles. The smallest absolute Gasteiger partial charge is 0.410 e. The molecule has 1 N–H and O–H groups in total. The highest BCUT2D eigenvalue weighted by Gasteiger charge is 2.55. The van der Waals surface area contributed by atoms with Crippen LogP contribution in [-0.4, -0.2) is 34.3 Å². The highest BCUT2D eigenvalue weighted by molar-refractivity contribution is 5.84. The topological polar surface area (TPSA) is 66.8 Å². The van der Waals surface area contributed by atoms with Crippen LogP contribution in [0.25, 0.3) is 0 Å². The van der Waals surface area contributed by atoms with E-state index in [1.165, 1.54) is 25.7 Å². The molecule has 4 fully saturated rings. The van der Waals surface area contributed by atoms with Crippen molar-refractivity contribution in [2.24, 2.45) is 16.2 Å². The Morgan fingerprint density at radius 1 is 1.19 bits per heavy atom. The summed E-state index contributed by atoms with van der Waals surface area (Å²) in [5.74, 6) is -0.699. The van der Waals surface area contributed by atoms with Gasteiger partial charge in [0, 0.05) is 5.41 Å². The molecule has 5 nitrogen and oxygen atoms in total. The second kappa shape index (κ2) is 7.29. The lowest BCUT2D eigenvalue weighted by Gasteiger charge is -2.54. The Morgan fingerprint density at radius 2 is 1.74 bits per heavy atom. The van der Waals surface area contributed by atoms with E-state index >= 15 is 0 Å². The van der Waals surface area contributed by atoms with Crippen LogP contribution in [0.5, 0.6) is 0 Å². The number of unbranched alkanes of at least 4 members (excludes halogenated alkanes) is 2. The quantitative estimate of drug-likeness (QED) is 0.483. The van der Waals surface area contributed by atoms with E-state index in [0.29, 0.717) is 5.41 Å². The monoisotopic (exact) mass is 380 g/mol. The van der Waals surface area contributed by atoms with Gasteiger partial charge in [-0.25, -0.2) is 9.59 Å². The summed E-state index contributed by atoms with van der Waals surface area (Å²) in [6.07, 6.45) is 9.68. The average molecular weight is 381 g/mol. The fourth-order valence-corrected chi connectivity index (χ4v) is 5.49. The van der Waals surface area contributed by atoms with E-state index in [1.54, 1.807) is 0 Å². The lowest BCUT2D eigenvalue weighted by molar-refractivity contribution is -0.147. The van der Waals surface area contributed by atoms with E-state index in [1.807, 2.05) is 20.8 Å². The number of carbonyl (C=O) groups is 2. The molecule has 2 bridgehead atoms. The molecule has 4 rings (SSSR count). The summed E-state index contributed by atoms with van der Waals surface area (Å²) in [7, 11) is 0. The number of hydrogen-bond donors (Lipinski definition) is 1. The number of carbonyl (C=O) groups excluding carboxylic acids is 1. The SMILES string of the molecule is [2H][C@]1(CC23CCC(CCCCC)(CC2)CC3)C(=O)O[C@H](C(C)(C)C)N1C(=O)O.